The van der Waals surface area contributed by atoms with E-state index in [0.717, 1.165) is 25.3 Å². The molecule has 0 radical (unpaired) electrons. The summed E-state index contributed by atoms with van der Waals surface area (Å²) in [6.07, 6.45) is 1.59. The SMILES string of the molecule is C[C@H]1CN(Cc2csc(NC(=O)c3ccc(CS(C)(=O)=O)cc3)n2)C[C@H](C)O1. The van der Waals surface area contributed by atoms with E-state index < -0.39 is 9.84 Å². The third-order valence-electron chi connectivity index (χ3n) is 4.30. The van der Waals surface area contributed by atoms with Crippen LogP contribution in [-0.4, -0.2) is 55.8 Å². The highest BCUT2D eigenvalue weighted by molar-refractivity contribution is 7.89. The summed E-state index contributed by atoms with van der Waals surface area (Å²) in [6, 6.07) is 6.57. The molecule has 1 fully saturated rings. The summed E-state index contributed by atoms with van der Waals surface area (Å²) in [5, 5.41) is 5.31. The van der Waals surface area contributed by atoms with Gasteiger partial charge in [0.1, 0.15) is 0 Å². The fraction of sp³-hybridized carbons (Fsp3) is 0.474. The van der Waals surface area contributed by atoms with Crippen LogP contribution in [0.1, 0.15) is 35.5 Å². The number of thiazole rings is 1. The van der Waals surface area contributed by atoms with Crippen LogP contribution in [-0.2, 0) is 26.9 Å². The second-order valence-electron chi connectivity index (χ2n) is 7.32. The van der Waals surface area contributed by atoms with E-state index in [-0.39, 0.29) is 23.9 Å². The Labute approximate surface area is 169 Å². The number of morpholine rings is 1. The largest absolute Gasteiger partial charge is 0.373 e. The standard InChI is InChI=1S/C19H25N3O4S2/c1-13-8-22(9-14(2)26-13)10-17-11-27-19(20-17)21-18(23)16-6-4-15(5-7-16)12-28(3,24)25/h4-7,11,13-14H,8-10,12H2,1-3H3,(H,20,21,23)/t13-,14-/m0/s1. The van der Waals surface area contributed by atoms with Crippen LogP contribution in [0.4, 0.5) is 5.13 Å². The lowest BCUT2D eigenvalue weighted by Crippen LogP contribution is -2.44. The predicted molar refractivity (Wildman–Crippen MR) is 110 cm³/mol. The molecule has 1 N–H and O–H groups in total. The first-order valence-corrected chi connectivity index (χ1v) is 12.0. The van der Waals surface area contributed by atoms with Gasteiger partial charge in [-0.25, -0.2) is 13.4 Å². The molecule has 1 amide bonds. The number of carbonyl (C=O) groups excluding carboxylic acids is 1. The first-order chi connectivity index (χ1) is 13.2. The minimum atomic E-state index is -3.10. The van der Waals surface area contributed by atoms with E-state index in [9.17, 15) is 13.2 Å². The molecule has 0 spiro atoms. The fourth-order valence-corrected chi connectivity index (χ4v) is 4.80. The predicted octanol–water partition coefficient (Wildman–Crippen LogP) is 2.55. The summed E-state index contributed by atoms with van der Waals surface area (Å²) in [5.41, 5.74) is 2.04. The van der Waals surface area contributed by atoms with Gasteiger partial charge < -0.3 is 4.74 Å². The topological polar surface area (TPSA) is 88.6 Å². The van der Waals surface area contributed by atoms with Gasteiger partial charge in [0, 0.05) is 36.8 Å². The van der Waals surface area contributed by atoms with Gasteiger partial charge in [-0.15, -0.1) is 11.3 Å². The van der Waals surface area contributed by atoms with Crippen LogP contribution in [0.25, 0.3) is 0 Å². The van der Waals surface area contributed by atoms with Crippen molar-refractivity contribution in [2.24, 2.45) is 0 Å². The Morgan fingerprint density at radius 2 is 1.89 bits per heavy atom. The van der Waals surface area contributed by atoms with Crippen molar-refractivity contribution < 1.29 is 17.9 Å². The zero-order valence-corrected chi connectivity index (χ0v) is 17.8. The summed E-state index contributed by atoms with van der Waals surface area (Å²) >= 11 is 1.39. The molecule has 1 aromatic carbocycles. The van der Waals surface area contributed by atoms with Gasteiger partial charge in [0.15, 0.2) is 15.0 Å². The van der Waals surface area contributed by atoms with E-state index in [4.69, 9.17) is 4.74 Å². The highest BCUT2D eigenvalue weighted by Gasteiger charge is 2.22. The van der Waals surface area contributed by atoms with Crippen molar-refractivity contribution >= 4 is 32.2 Å². The second-order valence-corrected chi connectivity index (χ2v) is 10.3. The van der Waals surface area contributed by atoms with Crippen molar-refractivity contribution in [2.75, 3.05) is 24.7 Å². The Morgan fingerprint density at radius 3 is 2.50 bits per heavy atom. The Hall–Kier alpha value is -1.81. The molecule has 9 heteroatoms. The summed E-state index contributed by atoms with van der Waals surface area (Å²) < 4.78 is 28.4. The van der Waals surface area contributed by atoms with E-state index in [1.165, 1.54) is 17.6 Å². The third kappa shape index (κ3) is 6.10. The molecule has 0 saturated carbocycles. The van der Waals surface area contributed by atoms with Gasteiger partial charge in [0.2, 0.25) is 0 Å². The molecule has 152 valence electrons. The van der Waals surface area contributed by atoms with E-state index in [1.54, 1.807) is 24.3 Å². The maximum absolute atomic E-state index is 12.4. The minimum absolute atomic E-state index is 0.0382. The van der Waals surface area contributed by atoms with Gasteiger partial charge in [0.05, 0.1) is 23.7 Å². The molecule has 1 aliphatic rings. The van der Waals surface area contributed by atoms with Crippen molar-refractivity contribution in [1.82, 2.24) is 9.88 Å². The number of sulfone groups is 1. The average Bonchev–Trinajstić information content (AvgIpc) is 2.99. The average molecular weight is 424 g/mol. The lowest BCUT2D eigenvalue weighted by molar-refractivity contribution is -0.0707. The molecule has 1 saturated heterocycles. The van der Waals surface area contributed by atoms with Gasteiger partial charge >= 0.3 is 0 Å². The zero-order chi connectivity index (χ0) is 20.3. The maximum Gasteiger partial charge on any atom is 0.257 e. The van der Waals surface area contributed by atoms with Crippen LogP contribution in [0.3, 0.4) is 0 Å². The molecular weight excluding hydrogens is 398 g/mol. The van der Waals surface area contributed by atoms with Gasteiger partial charge in [-0.1, -0.05) is 12.1 Å². The van der Waals surface area contributed by atoms with Crippen molar-refractivity contribution in [3.63, 3.8) is 0 Å². The Bertz CT molecular complexity index is 915. The number of nitrogens with zero attached hydrogens (tertiary/aromatic N) is 2. The first-order valence-electron chi connectivity index (χ1n) is 9.08. The fourth-order valence-electron chi connectivity index (χ4n) is 3.30. The summed E-state index contributed by atoms with van der Waals surface area (Å²) in [5.74, 6) is -0.302. The number of nitrogens with one attached hydrogen (secondary N) is 1. The highest BCUT2D eigenvalue weighted by atomic mass is 32.2. The molecule has 1 aromatic heterocycles. The quantitative estimate of drug-likeness (QED) is 0.768. The number of carbonyl (C=O) groups is 1. The van der Waals surface area contributed by atoms with Crippen LogP contribution in [0.2, 0.25) is 0 Å². The Balaban J connectivity index is 1.58. The minimum Gasteiger partial charge on any atom is -0.373 e. The van der Waals surface area contributed by atoms with E-state index >= 15 is 0 Å². The molecule has 7 nitrogen and oxygen atoms in total. The summed E-state index contributed by atoms with van der Waals surface area (Å²) in [6.45, 7) is 6.59. The number of hydrogen-bond donors (Lipinski definition) is 1. The number of ether oxygens (including phenoxy) is 1. The van der Waals surface area contributed by atoms with Crippen molar-refractivity contribution in [2.45, 2.75) is 38.4 Å². The molecule has 2 atom stereocenters. The number of amides is 1. The van der Waals surface area contributed by atoms with Crippen molar-refractivity contribution in [1.29, 1.82) is 0 Å². The van der Waals surface area contributed by atoms with E-state index in [0.29, 0.717) is 16.3 Å². The zero-order valence-electron chi connectivity index (χ0n) is 16.2. The number of anilines is 1. The Morgan fingerprint density at radius 1 is 1.25 bits per heavy atom. The van der Waals surface area contributed by atoms with E-state index in [2.05, 4.69) is 29.0 Å². The van der Waals surface area contributed by atoms with Crippen LogP contribution in [0.5, 0.6) is 0 Å². The molecule has 2 aromatic rings. The number of aromatic nitrogens is 1. The number of benzene rings is 1. The lowest BCUT2D eigenvalue weighted by Gasteiger charge is -2.34. The molecular formula is C19H25N3O4S2. The van der Waals surface area contributed by atoms with Crippen LogP contribution in [0, 0.1) is 0 Å². The lowest BCUT2D eigenvalue weighted by atomic mass is 10.1. The highest BCUT2D eigenvalue weighted by Crippen LogP contribution is 2.20. The number of hydrogen-bond acceptors (Lipinski definition) is 7. The van der Waals surface area contributed by atoms with E-state index in [1.807, 2.05) is 5.38 Å². The molecule has 0 bridgehead atoms. The van der Waals surface area contributed by atoms with Gasteiger partial charge in [-0.3, -0.25) is 15.0 Å². The van der Waals surface area contributed by atoms with Crippen molar-refractivity contribution in [3.05, 3.63) is 46.5 Å². The second kappa shape index (κ2) is 8.69. The molecule has 2 heterocycles. The van der Waals surface area contributed by atoms with Gasteiger partial charge in [-0.2, -0.15) is 0 Å². The summed E-state index contributed by atoms with van der Waals surface area (Å²) in [7, 11) is -3.10. The monoisotopic (exact) mass is 423 g/mol. The molecule has 28 heavy (non-hydrogen) atoms. The molecule has 3 rings (SSSR count). The molecule has 0 unspecified atom stereocenters. The normalized spacial score (nSPS) is 20.8. The summed E-state index contributed by atoms with van der Waals surface area (Å²) in [4.78, 5) is 19.2. The van der Waals surface area contributed by atoms with Crippen LogP contribution < -0.4 is 5.32 Å². The van der Waals surface area contributed by atoms with Crippen LogP contribution >= 0.6 is 11.3 Å². The van der Waals surface area contributed by atoms with Crippen molar-refractivity contribution in [3.8, 4) is 0 Å². The smallest absolute Gasteiger partial charge is 0.257 e. The Kier molecular flexibility index (Phi) is 6.49. The maximum atomic E-state index is 12.4. The van der Waals surface area contributed by atoms with Gasteiger partial charge in [0.25, 0.3) is 5.91 Å². The third-order valence-corrected chi connectivity index (χ3v) is 5.96. The first kappa shape index (κ1) is 20.9. The van der Waals surface area contributed by atoms with Crippen LogP contribution in [0.15, 0.2) is 29.6 Å². The molecule has 1 aliphatic heterocycles. The molecule has 0 aliphatic carbocycles. The number of rotatable bonds is 6. The van der Waals surface area contributed by atoms with Gasteiger partial charge in [-0.05, 0) is 31.5 Å².